The average molecular weight is 572 g/mol. The summed E-state index contributed by atoms with van der Waals surface area (Å²) in [5, 5.41) is 8.10. The van der Waals surface area contributed by atoms with Gasteiger partial charge in [0.05, 0.1) is 21.0 Å². The van der Waals surface area contributed by atoms with Gasteiger partial charge in [-0.15, -0.1) is 0 Å². The molecule has 0 aliphatic rings. The second-order valence-electron chi connectivity index (χ2n) is 10.7. The van der Waals surface area contributed by atoms with Gasteiger partial charge < -0.3 is 0 Å². The van der Waals surface area contributed by atoms with Gasteiger partial charge in [-0.25, -0.2) is 13.4 Å². The molecule has 0 bridgehead atoms. The molecular weight excluding hydrogens is 547 g/mol. The number of benzene rings is 7. The molecule has 8 rings (SSSR count). The Bertz CT molecular complexity index is 2440. The van der Waals surface area contributed by atoms with Crippen LogP contribution in [0.5, 0.6) is 0 Å². The Morgan fingerprint density at radius 2 is 0.953 bits per heavy atom. The maximum atomic E-state index is 13.2. The monoisotopic (exact) mass is 571 g/mol. The zero-order chi connectivity index (χ0) is 29.0. The second-order valence-corrected chi connectivity index (χ2v) is 12.7. The predicted molar refractivity (Wildman–Crippen MR) is 177 cm³/mol. The van der Waals surface area contributed by atoms with Crippen molar-refractivity contribution in [1.29, 1.82) is 0 Å². The highest BCUT2D eigenvalue weighted by atomic mass is 32.2. The van der Waals surface area contributed by atoms with Gasteiger partial charge in [-0.2, -0.15) is 0 Å². The van der Waals surface area contributed by atoms with E-state index in [0.717, 1.165) is 49.4 Å². The van der Waals surface area contributed by atoms with Crippen molar-refractivity contribution in [2.75, 3.05) is 0 Å². The van der Waals surface area contributed by atoms with E-state index in [1.165, 1.54) is 16.2 Å². The fraction of sp³-hybridized carbons (Fsp3) is 0. The molecule has 1 aromatic heterocycles. The van der Waals surface area contributed by atoms with Crippen LogP contribution >= 0.6 is 0 Å². The average Bonchev–Trinajstić information content (AvgIpc) is 3.08. The molecule has 0 fully saturated rings. The molecule has 0 aliphatic heterocycles. The smallest absolute Gasteiger partial charge is 0.206 e. The molecule has 0 N–H and O–H groups in total. The SMILES string of the molecule is O=S(=O)(c1ccccc1)c1ccc(-c2ccc3c(c2)c2ccccc2c2c4ccccc4nc(-c4ccccc4)c32)cc1. The molecule has 43 heavy (non-hydrogen) atoms. The van der Waals surface area contributed by atoms with Crippen LogP contribution in [0.25, 0.3) is 65.6 Å². The van der Waals surface area contributed by atoms with E-state index in [2.05, 4.69) is 84.9 Å². The molecule has 0 saturated heterocycles. The van der Waals surface area contributed by atoms with Gasteiger partial charge in [0.25, 0.3) is 0 Å². The third-order valence-corrected chi connectivity index (χ3v) is 10.1. The van der Waals surface area contributed by atoms with Gasteiger partial charge in [0.15, 0.2) is 0 Å². The highest BCUT2D eigenvalue weighted by molar-refractivity contribution is 7.91. The van der Waals surface area contributed by atoms with Crippen molar-refractivity contribution in [3.05, 3.63) is 152 Å². The normalized spacial score (nSPS) is 11.9. The molecule has 4 heteroatoms. The van der Waals surface area contributed by atoms with Crippen molar-refractivity contribution in [3.63, 3.8) is 0 Å². The third-order valence-electron chi connectivity index (χ3n) is 8.27. The Morgan fingerprint density at radius 1 is 0.395 bits per heavy atom. The summed E-state index contributed by atoms with van der Waals surface area (Å²) in [7, 11) is -3.58. The van der Waals surface area contributed by atoms with E-state index in [1.807, 2.05) is 30.3 Å². The molecule has 3 nitrogen and oxygen atoms in total. The van der Waals surface area contributed by atoms with E-state index < -0.39 is 9.84 Å². The van der Waals surface area contributed by atoms with Gasteiger partial charge in [0.1, 0.15) is 0 Å². The number of aromatic nitrogens is 1. The fourth-order valence-electron chi connectivity index (χ4n) is 6.22. The molecule has 7 aromatic carbocycles. The third kappa shape index (κ3) is 4.10. The Morgan fingerprint density at radius 3 is 1.70 bits per heavy atom. The van der Waals surface area contributed by atoms with E-state index in [9.17, 15) is 8.42 Å². The highest BCUT2D eigenvalue weighted by Gasteiger charge is 2.19. The lowest BCUT2D eigenvalue weighted by Gasteiger charge is -2.17. The Hall–Kier alpha value is -5.32. The molecule has 0 atom stereocenters. The highest BCUT2D eigenvalue weighted by Crippen LogP contribution is 2.43. The van der Waals surface area contributed by atoms with Crippen LogP contribution in [0.15, 0.2) is 161 Å². The molecule has 0 amide bonds. The van der Waals surface area contributed by atoms with Gasteiger partial charge in [-0.3, -0.25) is 0 Å². The van der Waals surface area contributed by atoms with E-state index >= 15 is 0 Å². The first-order chi connectivity index (χ1) is 21.1. The predicted octanol–water partition coefficient (Wildman–Crippen LogP) is 9.86. The van der Waals surface area contributed by atoms with Gasteiger partial charge >= 0.3 is 0 Å². The standard InChI is InChI=1S/C39H25NO2S/c41-43(42,29-13-5-2-6-14-29)30-22-19-26(20-23-30)28-21-24-33-35(25-28)31-15-7-8-16-32(31)37-34-17-9-10-18-36(34)40-39(38(33)37)27-11-3-1-4-12-27/h1-25H. The number of sulfone groups is 1. The number of para-hydroxylation sites is 1. The van der Waals surface area contributed by atoms with Crippen molar-refractivity contribution < 1.29 is 8.42 Å². The number of rotatable bonds is 4. The zero-order valence-electron chi connectivity index (χ0n) is 23.1. The topological polar surface area (TPSA) is 47.0 Å². The largest absolute Gasteiger partial charge is 0.247 e. The first-order valence-corrected chi connectivity index (χ1v) is 15.7. The minimum absolute atomic E-state index is 0.283. The summed E-state index contributed by atoms with van der Waals surface area (Å²) in [5.41, 5.74) is 5.00. The molecule has 0 radical (unpaired) electrons. The van der Waals surface area contributed by atoms with Crippen molar-refractivity contribution in [1.82, 2.24) is 4.98 Å². The van der Waals surface area contributed by atoms with E-state index in [-0.39, 0.29) is 4.90 Å². The minimum atomic E-state index is -3.58. The van der Waals surface area contributed by atoms with Gasteiger partial charge in [0.2, 0.25) is 9.84 Å². The fourth-order valence-corrected chi connectivity index (χ4v) is 7.50. The quantitative estimate of drug-likeness (QED) is 0.198. The first-order valence-electron chi connectivity index (χ1n) is 14.2. The molecule has 8 aromatic rings. The molecular formula is C39H25NO2S. The number of fused-ring (bicyclic) bond motifs is 8. The summed E-state index contributed by atoms with van der Waals surface area (Å²) >= 11 is 0. The number of hydrogen-bond donors (Lipinski definition) is 0. The van der Waals surface area contributed by atoms with Crippen molar-refractivity contribution >= 4 is 53.1 Å². The van der Waals surface area contributed by atoms with Gasteiger partial charge in [-0.1, -0.05) is 115 Å². The lowest BCUT2D eigenvalue weighted by molar-refractivity contribution is 0.596. The van der Waals surface area contributed by atoms with Crippen LogP contribution in [0.4, 0.5) is 0 Å². The molecule has 0 aliphatic carbocycles. The first kappa shape index (κ1) is 25.4. The Labute approximate surface area is 249 Å². The summed E-state index contributed by atoms with van der Waals surface area (Å²) in [6.45, 7) is 0. The van der Waals surface area contributed by atoms with Crippen LogP contribution in [0, 0.1) is 0 Å². The van der Waals surface area contributed by atoms with Crippen molar-refractivity contribution in [2.45, 2.75) is 9.79 Å². The molecule has 0 saturated carbocycles. The minimum Gasteiger partial charge on any atom is -0.247 e. The molecule has 204 valence electrons. The van der Waals surface area contributed by atoms with Crippen LogP contribution in [-0.4, -0.2) is 13.4 Å². The van der Waals surface area contributed by atoms with Crippen LogP contribution in [0.3, 0.4) is 0 Å². The number of hydrogen-bond acceptors (Lipinski definition) is 3. The van der Waals surface area contributed by atoms with E-state index in [0.29, 0.717) is 4.90 Å². The number of nitrogens with zero attached hydrogens (tertiary/aromatic N) is 1. The molecule has 0 unspecified atom stereocenters. The Balaban J connectivity index is 1.38. The second kappa shape index (κ2) is 9.90. The lowest BCUT2D eigenvalue weighted by atomic mass is 9.88. The zero-order valence-corrected chi connectivity index (χ0v) is 23.9. The number of pyridine rings is 1. The van der Waals surface area contributed by atoms with E-state index in [1.54, 1.807) is 36.4 Å². The van der Waals surface area contributed by atoms with Crippen molar-refractivity contribution in [2.24, 2.45) is 0 Å². The van der Waals surface area contributed by atoms with Gasteiger partial charge in [0, 0.05) is 21.7 Å². The Kier molecular flexibility index (Phi) is 5.85. The summed E-state index contributed by atoms with van der Waals surface area (Å²) in [4.78, 5) is 5.79. The molecule has 1 heterocycles. The van der Waals surface area contributed by atoms with Gasteiger partial charge in [-0.05, 0) is 69.1 Å². The summed E-state index contributed by atoms with van der Waals surface area (Å²) < 4.78 is 26.3. The molecule has 0 spiro atoms. The summed E-state index contributed by atoms with van der Waals surface area (Å²) in [6.07, 6.45) is 0. The van der Waals surface area contributed by atoms with Crippen LogP contribution < -0.4 is 0 Å². The lowest BCUT2D eigenvalue weighted by Crippen LogP contribution is -2.01. The summed E-state index contributed by atoms with van der Waals surface area (Å²) in [6, 6.07) is 49.6. The van der Waals surface area contributed by atoms with Crippen molar-refractivity contribution in [3.8, 4) is 22.4 Å². The maximum Gasteiger partial charge on any atom is 0.206 e. The van der Waals surface area contributed by atoms with Crippen LogP contribution in [0.2, 0.25) is 0 Å². The summed E-state index contributed by atoms with van der Waals surface area (Å²) in [5.74, 6) is 0. The van der Waals surface area contributed by atoms with Crippen LogP contribution in [0.1, 0.15) is 0 Å². The van der Waals surface area contributed by atoms with E-state index in [4.69, 9.17) is 4.98 Å². The maximum absolute atomic E-state index is 13.2. The van der Waals surface area contributed by atoms with Crippen LogP contribution in [-0.2, 0) is 9.84 Å².